The first-order valence-corrected chi connectivity index (χ1v) is 20.0. The van der Waals surface area contributed by atoms with Crippen molar-refractivity contribution in [3.8, 4) is 0 Å². The van der Waals surface area contributed by atoms with Gasteiger partial charge in [0.2, 0.25) is 11.8 Å². The average Bonchev–Trinajstić information content (AvgIpc) is 3.58. The summed E-state index contributed by atoms with van der Waals surface area (Å²) >= 11 is 0.923. The van der Waals surface area contributed by atoms with Crippen molar-refractivity contribution in [1.82, 2.24) is 20.5 Å². The van der Waals surface area contributed by atoms with Crippen LogP contribution in [0.3, 0.4) is 0 Å². The Hall–Kier alpha value is -4.26. The lowest BCUT2D eigenvalue weighted by molar-refractivity contribution is -0.627. The summed E-state index contributed by atoms with van der Waals surface area (Å²) in [4.78, 5) is 70.1. The molecular formula is C39H54F6N5O7S+. The van der Waals surface area contributed by atoms with Crippen LogP contribution >= 0.6 is 11.3 Å². The number of rotatable bonds is 21. The number of likely N-dealkylation sites (N-methyl/N-ethyl adjacent to an activating group) is 1. The molecule has 6 unspecified atom stereocenters. The lowest BCUT2D eigenvalue weighted by Crippen LogP contribution is -2.79. The van der Waals surface area contributed by atoms with Crippen LogP contribution in [0.25, 0.3) is 0 Å². The average molecular weight is 851 g/mol. The van der Waals surface area contributed by atoms with Crippen LogP contribution < -0.4 is 16.0 Å². The number of amides is 3. The van der Waals surface area contributed by atoms with Gasteiger partial charge in [-0.05, 0) is 43.6 Å². The van der Waals surface area contributed by atoms with Crippen LogP contribution in [0.1, 0.15) is 106 Å². The number of unbranched alkanes of at least 4 members (excludes halogenated alkanes) is 2. The van der Waals surface area contributed by atoms with Gasteiger partial charge in [0.05, 0.1) is 26.6 Å². The highest BCUT2D eigenvalue weighted by atomic mass is 32.1. The first-order chi connectivity index (χ1) is 27.1. The third-order valence-corrected chi connectivity index (χ3v) is 11.3. The molecule has 58 heavy (non-hydrogen) atoms. The number of ether oxygens (including phenoxy) is 2. The lowest BCUT2D eigenvalue weighted by Gasteiger charge is -2.38. The number of nitrogens with one attached hydrogen (secondary N) is 2. The zero-order chi connectivity index (χ0) is 43.6. The maximum absolute atomic E-state index is 14.1. The Balaban J connectivity index is 1.90. The summed E-state index contributed by atoms with van der Waals surface area (Å²) in [5, 5.41) is 8.13. The number of hydrogen-bond acceptors (Lipinski definition) is 9. The number of nitrogens with two attached hydrogens (primary N) is 1. The van der Waals surface area contributed by atoms with E-state index in [0.29, 0.717) is 30.7 Å². The van der Waals surface area contributed by atoms with Crippen molar-refractivity contribution in [3.05, 3.63) is 52.0 Å². The summed E-state index contributed by atoms with van der Waals surface area (Å²) in [6, 6.07) is 5.21. The van der Waals surface area contributed by atoms with Crippen molar-refractivity contribution in [2.24, 2.45) is 17.8 Å². The van der Waals surface area contributed by atoms with Gasteiger partial charge in [-0.25, -0.2) is 4.98 Å². The third kappa shape index (κ3) is 13.1. The number of carbonyl (C=O) groups is 5. The Morgan fingerprint density at radius 2 is 1.66 bits per heavy atom. The number of aromatic nitrogens is 1. The highest BCUT2D eigenvalue weighted by Gasteiger charge is 2.63. The van der Waals surface area contributed by atoms with Gasteiger partial charge in [-0.3, -0.25) is 24.0 Å². The first-order valence-electron chi connectivity index (χ1n) is 19.1. The van der Waals surface area contributed by atoms with Gasteiger partial charge < -0.3 is 30.3 Å². The van der Waals surface area contributed by atoms with Crippen LogP contribution in [0.4, 0.5) is 26.3 Å². The molecule has 3 amide bonds. The molecule has 0 spiro atoms. The maximum Gasteiger partial charge on any atom is 0.403 e. The summed E-state index contributed by atoms with van der Waals surface area (Å²) in [6.45, 7) is 6.63. The Morgan fingerprint density at radius 3 is 2.21 bits per heavy atom. The van der Waals surface area contributed by atoms with Gasteiger partial charge in [0.1, 0.15) is 16.7 Å². The number of benzene rings is 1. The molecule has 1 fully saturated rings. The topological polar surface area (TPSA) is 161 Å². The summed E-state index contributed by atoms with van der Waals surface area (Å²) in [5.74, 6) is -10.2. The van der Waals surface area contributed by atoms with Crippen LogP contribution in [0.2, 0.25) is 0 Å². The lowest BCUT2D eigenvalue weighted by atomic mass is 9.92. The summed E-state index contributed by atoms with van der Waals surface area (Å²) in [6.07, 6.45) is -11.8. The van der Waals surface area contributed by atoms with E-state index in [0.717, 1.165) is 30.9 Å². The van der Waals surface area contributed by atoms with E-state index in [2.05, 4.69) is 10.3 Å². The van der Waals surface area contributed by atoms with Crippen LogP contribution in [0.5, 0.6) is 0 Å². The van der Waals surface area contributed by atoms with Gasteiger partial charge >= 0.3 is 24.3 Å². The fraction of sp³-hybridized carbons (Fsp3) is 0.641. The number of halogens is 6. The standard InChI is InChI=1S/C39H53F6N5O7S/c1-22(2)28(50(6)35(54)31(32(38(40,41)42)39(43,44)45)48-30(52)16-12-9-13-17-46-5)18-29(57-24(4)51)34-47-27(21-58-34)33(53)49-37(19-23(3)36(55)56-7)20-26(37)25-14-10-8-11-15-25/h8,10-11,14-15,21-23,26,28-29,31-32,46H,9,12-13,16-20H2,1-7H3,(H,48,52)(H,49,53)/p+1. The smallest absolute Gasteiger partial charge is 0.403 e. The van der Waals surface area contributed by atoms with Gasteiger partial charge in [0.25, 0.3) is 5.91 Å². The molecule has 1 heterocycles. The number of carbonyl (C=O) groups excluding carboxylic acids is 5. The molecule has 12 nitrogen and oxygen atoms in total. The van der Waals surface area contributed by atoms with Crippen LogP contribution in [0.15, 0.2) is 35.7 Å². The number of methoxy groups -OCH3 is 1. The predicted molar refractivity (Wildman–Crippen MR) is 201 cm³/mol. The van der Waals surface area contributed by atoms with Crippen LogP contribution in [-0.2, 0) is 28.7 Å². The van der Waals surface area contributed by atoms with E-state index in [1.54, 1.807) is 26.1 Å². The Bertz CT molecular complexity index is 1690. The molecule has 0 bridgehead atoms. The molecule has 1 aliphatic carbocycles. The molecule has 0 saturated heterocycles. The minimum Gasteiger partial charge on any atom is -0.469 e. The molecular weight excluding hydrogens is 797 g/mol. The van der Waals surface area contributed by atoms with E-state index in [-0.39, 0.29) is 42.3 Å². The van der Waals surface area contributed by atoms with Crippen molar-refractivity contribution in [2.75, 3.05) is 27.7 Å². The van der Waals surface area contributed by atoms with Crippen LogP contribution in [-0.4, -0.2) is 97.3 Å². The maximum atomic E-state index is 14.1. The number of esters is 2. The summed E-state index contributed by atoms with van der Waals surface area (Å²) in [5.41, 5.74) is 0.0637. The van der Waals surface area contributed by atoms with Gasteiger partial charge in [-0.1, -0.05) is 51.1 Å². The molecule has 1 saturated carbocycles. The van der Waals surface area contributed by atoms with Gasteiger partial charge in [0.15, 0.2) is 12.0 Å². The van der Waals surface area contributed by atoms with Crippen molar-refractivity contribution < 1.29 is 65.1 Å². The van der Waals surface area contributed by atoms with Crippen molar-refractivity contribution in [1.29, 1.82) is 0 Å². The molecule has 0 radical (unpaired) electrons. The van der Waals surface area contributed by atoms with E-state index in [9.17, 15) is 50.3 Å². The third-order valence-electron chi connectivity index (χ3n) is 10.3. The molecule has 3 rings (SSSR count). The molecule has 19 heteroatoms. The molecule has 6 atom stereocenters. The van der Waals surface area contributed by atoms with Crippen molar-refractivity contribution in [2.45, 2.75) is 115 Å². The molecule has 2 aromatic rings. The summed E-state index contributed by atoms with van der Waals surface area (Å²) in [7, 11) is 4.12. The van der Waals surface area contributed by atoms with E-state index in [4.69, 9.17) is 9.47 Å². The zero-order valence-corrected chi connectivity index (χ0v) is 34.5. The van der Waals surface area contributed by atoms with Crippen molar-refractivity contribution >= 4 is 41.0 Å². The van der Waals surface area contributed by atoms with E-state index in [1.807, 2.05) is 42.7 Å². The number of alkyl halides is 6. The molecule has 324 valence electrons. The van der Waals surface area contributed by atoms with E-state index in [1.165, 1.54) is 12.5 Å². The van der Waals surface area contributed by atoms with E-state index >= 15 is 0 Å². The van der Waals surface area contributed by atoms with Gasteiger partial charge in [-0.15, -0.1) is 11.3 Å². The van der Waals surface area contributed by atoms with E-state index < -0.39 is 83.5 Å². The number of quaternary nitrogens is 1. The minimum absolute atomic E-state index is 0.0692. The Morgan fingerprint density at radius 1 is 1.02 bits per heavy atom. The molecule has 1 aromatic carbocycles. The summed E-state index contributed by atoms with van der Waals surface area (Å²) < 4.78 is 95.0. The second-order valence-electron chi connectivity index (χ2n) is 15.2. The first kappa shape index (κ1) is 48.1. The fourth-order valence-corrected chi connectivity index (χ4v) is 8.13. The number of nitrogens with zero attached hydrogens (tertiary/aromatic N) is 2. The molecule has 0 aliphatic heterocycles. The Kier molecular flexibility index (Phi) is 17.1. The predicted octanol–water partition coefficient (Wildman–Crippen LogP) is 5.45. The number of thiazole rings is 1. The van der Waals surface area contributed by atoms with Crippen LogP contribution in [0, 0.1) is 17.8 Å². The molecule has 4 N–H and O–H groups in total. The van der Waals surface area contributed by atoms with Crippen molar-refractivity contribution in [3.63, 3.8) is 0 Å². The quantitative estimate of drug-likeness (QED) is 0.0850. The second kappa shape index (κ2) is 20.6. The highest BCUT2D eigenvalue weighted by molar-refractivity contribution is 7.09. The zero-order valence-electron chi connectivity index (χ0n) is 33.7. The fourth-order valence-electron chi connectivity index (χ4n) is 7.29. The molecule has 1 aromatic heterocycles. The monoisotopic (exact) mass is 850 g/mol. The van der Waals surface area contributed by atoms with Gasteiger partial charge in [-0.2, -0.15) is 26.3 Å². The SMILES string of the molecule is C[NH2+]CCCCCC(=O)NC(C(=O)N(C)C(CC(OC(C)=O)c1nc(C(=O)NC2(CC(C)C(=O)OC)CC2c2ccccc2)cs1)C(C)C)C(C(F)(F)F)C(F)(F)F. The highest BCUT2D eigenvalue weighted by Crippen LogP contribution is 2.55. The largest absolute Gasteiger partial charge is 0.469 e. The second-order valence-corrected chi connectivity index (χ2v) is 16.1. The Labute approximate surface area is 338 Å². The number of hydrogen-bond donors (Lipinski definition) is 3. The molecule has 1 aliphatic rings. The minimum atomic E-state index is -5.95. The normalized spacial score (nSPS) is 18.8. The van der Waals surface area contributed by atoms with Gasteiger partial charge in [0, 0.05) is 49.7 Å².